The van der Waals surface area contributed by atoms with Gasteiger partial charge in [-0.2, -0.15) is 0 Å². The molecule has 0 unspecified atom stereocenters. The van der Waals surface area contributed by atoms with Crippen molar-refractivity contribution >= 4 is 6.29 Å². The van der Waals surface area contributed by atoms with Gasteiger partial charge >= 0.3 is 0 Å². The molecule has 19 heavy (non-hydrogen) atoms. The first-order chi connectivity index (χ1) is 8.90. The van der Waals surface area contributed by atoms with Crippen molar-refractivity contribution in [3.05, 3.63) is 67.4 Å². The zero-order chi connectivity index (χ0) is 13.8. The maximum absolute atomic E-state index is 10.4. The molecule has 0 saturated carbocycles. The molecule has 4 nitrogen and oxygen atoms in total. The minimum absolute atomic E-state index is 0. The van der Waals surface area contributed by atoms with E-state index in [1.807, 2.05) is 24.3 Å². The number of carbonyl (C=O) groups is 1. The Kier molecular flexibility index (Phi) is 12.2. The molecule has 0 atom stereocenters. The van der Waals surface area contributed by atoms with E-state index in [0.29, 0.717) is 5.56 Å². The average molecular weight is 429 g/mol. The summed E-state index contributed by atoms with van der Waals surface area (Å²) in [5.74, 6) is 0. The molecule has 0 N–H and O–H groups in total. The topological polar surface area (TPSA) is 77.5 Å². The molecule has 0 amide bonds. The van der Waals surface area contributed by atoms with Crippen molar-refractivity contribution in [1.82, 2.24) is 4.98 Å². The Labute approximate surface area is 126 Å². The summed E-state index contributed by atoms with van der Waals surface area (Å²) < 4.78 is 0. The first kappa shape index (κ1) is 19.1. The molecule has 0 aliphatic carbocycles. The van der Waals surface area contributed by atoms with Crippen molar-refractivity contribution in [2.45, 2.75) is 0 Å². The Hall–Kier alpha value is -2.29. The molecule has 0 fully saturated rings. The van der Waals surface area contributed by atoms with E-state index >= 15 is 0 Å². The van der Waals surface area contributed by atoms with Gasteiger partial charge in [-0.1, -0.05) is 17.7 Å². The molecular weight excluding hydrogens is 421 g/mol. The van der Waals surface area contributed by atoms with E-state index in [0.717, 1.165) is 17.5 Å². The van der Waals surface area contributed by atoms with Crippen molar-refractivity contribution in [3.8, 4) is 11.3 Å². The largest absolute Gasteiger partial charge is 0.512 e. The number of aldehydes is 1. The van der Waals surface area contributed by atoms with E-state index < -0.39 is 0 Å². The van der Waals surface area contributed by atoms with E-state index in [2.05, 4.69) is 11.1 Å². The maximum Gasteiger partial charge on any atom is 0.109 e. The summed E-state index contributed by atoms with van der Waals surface area (Å²) >= 11 is 0. The van der Waals surface area contributed by atoms with Gasteiger partial charge in [-0.3, -0.25) is 0 Å². The summed E-state index contributed by atoms with van der Waals surface area (Å²) in [7, 11) is 0. The Bertz CT molecular complexity index is 500. The van der Waals surface area contributed by atoms with Crippen LogP contribution >= 0.6 is 0 Å². The van der Waals surface area contributed by atoms with Crippen molar-refractivity contribution in [2.75, 3.05) is 0 Å². The third-order valence-corrected chi connectivity index (χ3v) is 1.91. The molecule has 0 radical (unpaired) electrons. The van der Waals surface area contributed by atoms with Crippen LogP contribution in [0.3, 0.4) is 0 Å². The molecular formula is C14H8N3OPt-3. The van der Waals surface area contributed by atoms with Gasteiger partial charge in [0.2, 0.25) is 0 Å². The van der Waals surface area contributed by atoms with E-state index in [4.69, 9.17) is 23.7 Å². The minimum Gasteiger partial charge on any atom is -0.512 e. The van der Waals surface area contributed by atoms with Crippen LogP contribution in [0.4, 0.5) is 0 Å². The number of rotatable bonds is 2. The number of aromatic nitrogens is 1. The maximum atomic E-state index is 10.4. The number of benzene rings is 1. The third kappa shape index (κ3) is 6.26. The number of carbonyl (C=O) groups excluding carboxylic acids is 1. The first-order valence-corrected chi connectivity index (χ1v) is 4.73. The molecule has 0 aliphatic heterocycles. The fourth-order valence-corrected chi connectivity index (χ4v) is 1.19. The van der Waals surface area contributed by atoms with Gasteiger partial charge in [0.25, 0.3) is 0 Å². The van der Waals surface area contributed by atoms with Crippen LogP contribution in [0.5, 0.6) is 0 Å². The second kappa shape index (κ2) is 12.2. The molecule has 2 aromatic rings. The quantitative estimate of drug-likeness (QED) is 0.543. The van der Waals surface area contributed by atoms with Crippen LogP contribution in [-0.4, -0.2) is 11.3 Å². The van der Waals surface area contributed by atoms with Gasteiger partial charge in [0.1, 0.15) is 6.29 Å². The molecule has 1 aromatic heterocycles. The summed E-state index contributed by atoms with van der Waals surface area (Å²) in [6.45, 7) is 9.50. The van der Waals surface area contributed by atoms with Gasteiger partial charge in [0.05, 0.1) is 0 Å². The Morgan fingerprint density at radius 1 is 1.11 bits per heavy atom. The van der Waals surface area contributed by atoms with Crippen LogP contribution in [0.15, 0.2) is 42.6 Å². The summed E-state index contributed by atoms with van der Waals surface area (Å²) in [6, 6.07) is 14.0. The van der Waals surface area contributed by atoms with Gasteiger partial charge in [-0.15, -0.1) is 29.8 Å². The van der Waals surface area contributed by atoms with Crippen LogP contribution in [0.2, 0.25) is 0 Å². The van der Waals surface area contributed by atoms with Gasteiger partial charge in [0, 0.05) is 27.3 Å². The van der Waals surface area contributed by atoms with Crippen molar-refractivity contribution in [2.24, 2.45) is 0 Å². The number of pyridine rings is 1. The van der Waals surface area contributed by atoms with Crippen molar-refractivity contribution in [3.63, 3.8) is 0 Å². The summed E-state index contributed by atoms with van der Waals surface area (Å²) in [6.07, 6.45) is 2.54. The zero-order valence-corrected chi connectivity index (χ0v) is 12.0. The van der Waals surface area contributed by atoms with Crippen LogP contribution in [0.1, 0.15) is 10.4 Å². The Balaban J connectivity index is 0. The smallest absolute Gasteiger partial charge is 0.109 e. The van der Waals surface area contributed by atoms with Crippen LogP contribution in [-0.2, 0) is 21.1 Å². The van der Waals surface area contributed by atoms with Crippen LogP contribution in [0.25, 0.3) is 11.3 Å². The fraction of sp³-hybridized carbons (Fsp3) is 0. The van der Waals surface area contributed by atoms with E-state index in [9.17, 15) is 4.79 Å². The molecule has 0 bridgehead atoms. The van der Waals surface area contributed by atoms with Crippen LogP contribution in [0, 0.1) is 29.7 Å². The second-order valence-electron chi connectivity index (χ2n) is 2.87. The standard InChI is InChI=1S/C12H8NO.2CN.Pt/c14-9-10-4-6-11(7-5-10)12-3-1-2-8-13-12;2*1-2;/h1-6,8-9H;;;/q3*-1;. The van der Waals surface area contributed by atoms with Crippen molar-refractivity contribution in [1.29, 1.82) is 10.5 Å². The number of nitrogens with zero attached hydrogens (tertiary/aromatic N) is 3. The summed E-state index contributed by atoms with van der Waals surface area (Å²) in [5, 5.41) is 12.5. The van der Waals surface area contributed by atoms with Gasteiger partial charge in [-0.25, -0.2) is 0 Å². The number of hydrogen-bond acceptors (Lipinski definition) is 4. The monoisotopic (exact) mass is 429 g/mol. The van der Waals surface area contributed by atoms with E-state index in [1.165, 1.54) is 0 Å². The minimum atomic E-state index is 0. The van der Waals surface area contributed by atoms with Crippen molar-refractivity contribution < 1.29 is 25.9 Å². The summed E-state index contributed by atoms with van der Waals surface area (Å²) in [5.41, 5.74) is 2.39. The molecule has 98 valence electrons. The predicted octanol–water partition coefficient (Wildman–Crippen LogP) is 2.55. The molecule has 0 spiro atoms. The molecule has 0 aliphatic rings. The van der Waals surface area contributed by atoms with Gasteiger partial charge in [0.15, 0.2) is 0 Å². The molecule has 2 rings (SSSR count). The molecule has 5 heteroatoms. The van der Waals surface area contributed by atoms with E-state index in [-0.39, 0.29) is 21.1 Å². The summed E-state index contributed by atoms with van der Waals surface area (Å²) in [4.78, 5) is 14.6. The second-order valence-corrected chi connectivity index (χ2v) is 2.87. The Morgan fingerprint density at radius 3 is 2.21 bits per heavy atom. The molecule has 0 saturated heterocycles. The average Bonchev–Trinajstić information content (AvgIpc) is 2.52. The first-order valence-electron chi connectivity index (χ1n) is 4.73. The SMILES string of the molecule is O=Cc1c[c-]c(-c2ccccn2)cc1.[C-]#N.[C-]#N.[Pt]. The molecule has 1 heterocycles. The van der Waals surface area contributed by atoms with Gasteiger partial charge in [-0.05, 0) is 11.8 Å². The normalized spacial score (nSPS) is 7.37. The zero-order valence-electron chi connectivity index (χ0n) is 9.68. The van der Waals surface area contributed by atoms with Crippen LogP contribution < -0.4 is 0 Å². The predicted molar refractivity (Wildman–Crippen MR) is 63.8 cm³/mol. The fourth-order valence-electron chi connectivity index (χ4n) is 1.19. The Morgan fingerprint density at radius 2 is 1.79 bits per heavy atom. The number of hydrogen-bond donors (Lipinski definition) is 0. The third-order valence-electron chi connectivity index (χ3n) is 1.91. The molecule has 1 aromatic carbocycles. The van der Waals surface area contributed by atoms with Gasteiger partial charge < -0.3 is 33.4 Å². The van der Waals surface area contributed by atoms with E-state index in [1.54, 1.807) is 18.3 Å².